The maximum absolute atomic E-state index is 13.4. The lowest BCUT2D eigenvalue weighted by molar-refractivity contribution is -0.128. The van der Waals surface area contributed by atoms with Crippen LogP contribution in [-0.2, 0) is 17.9 Å². The number of carbonyl (C=O) groups is 3. The molecule has 0 radical (unpaired) electrons. The molecule has 4 rings (SSSR count). The minimum absolute atomic E-state index is 0.0840. The van der Waals surface area contributed by atoms with Crippen molar-refractivity contribution in [2.45, 2.75) is 19.3 Å². The highest BCUT2D eigenvalue weighted by Crippen LogP contribution is 2.21. The van der Waals surface area contributed by atoms with Crippen LogP contribution in [0.15, 0.2) is 72.8 Å². The molecule has 10 heteroatoms. The summed E-state index contributed by atoms with van der Waals surface area (Å²) in [4.78, 5) is 42.1. The second-order valence-electron chi connectivity index (χ2n) is 8.25. The lowest BCUT2D eigenvalue weighted by Crippen LogP contribution is -2.54. The molecule has 1 atom stereocenters. The van der Waals surface area contributed by atoms with Crippen LogP contribution in [0.4, 0.5) is 19.3 Å². The molecule has 186 valence electrons. The van der Waals surface area contributed by atoms with E-state index in [1.807, 2.05) is 24.3 Å². The van der Waals surface area contributed by atoms with Gasteiger partial charge >= 0.3 is 6.03 Å². The minimum Gasteiger partial charge on any atom is -0.349 e. The molecule has 3 aromatic rings. The zero-order valence-electron chi connectivity index (χ0n) is 19.3. The number of nitrogens with zero attached hydrogens (tertiary/aromatic N) is 2. The van der Waals surface area contributed by atoms with E-state index in [-0.39, 0.29) is 25.2 Å². The lowest BCUT2D eigenvalue weighted by Gasteiger charge is -2.29. The van der Waals surface area contributed by atoms with E-state index in [1.165, 1.54) is 46.2 Å². The molecule has 0 aromatic heterocycles. The topological polar surface area (TPSA) is 108 Å². The van der Waals surface area contributed by atoms with Gasteiger partial charge in [0, 0.05) is 37.4 Å². The first-order valence-electron chi connectivity index (χ1n) is 11.3. The van der Waals surface area contributed by atoms with Crippen molar-refractivity contribution < 1.29 is 23.2 Å². The predicted molar refractivity (Wildman–Crippen MR) is 130 cm³/mol. The van der Waals surface area contributed by atoms with Gasteiger partial charge in [0.05, 0.1) is 0 Å². The van der Waals surface area contributed by atoms with Crippen LogP contribution < -0.4 is 16.4 Å². The van der Waals surface area contributed by atoms with E-state index < -0.39 is 35.6 Å². The second-order valence-corrected chi connectivity index (χ2v) is 8.25. The lowest BCUT2D eigenvalue weighted by atomic mass is 10.1. The summed E-state index contributed by atoms with van der Waals surface area (Å²) in [6.07, 6.45) is -1.25. The third-order valence-corrected chi connectivity index (χ3v) is 5.81. The van der Waals surface area contributed by atoms with Crippen molar-refractivity contribution >= 4 is 23.5 Å². The molecule has 0 bridgehead atoms. The Bertz CT molecular complexity index is 1250. The van der Waals surface area contributed by atoms with E-state index in [0.717, 1.165) is 23.3 Å². The first-order valence-corrected chi connectivity index (χ1v) is 11.3. The average molecular weight is 494 g/mol. The number of anilines is 1. The number of carbonyl (C=O) groups excluding carboxylic acids is 3. The third kappa shape index (κ3) is 5.66. The fraction of sp³-hybridized carbons (Fsp3) is 0.192. The Balaban J connectivity index is 1.55. The summed E-state index contributed by atoms with van der Waals surface area (Å²) < 4.78 is 26.6. The molecule has 0 saturated carbocycles. The molecule has 1 aliphatic heterocycles. The Kier molecular flexibility index (Phi) is 7.55. The van der Waals surface area contributed by atoms with E-state index in [9.17, 15) is 23.2 Å². The van der Waals surface area contributed by atoms with Gasteiger partial charge in [-0.05, 0) is 59.7 Å². The quantitative estimate of drug-likeness (QED) is 0.491. The molecule has 8 nitrogen and oxygen atoms in total. The zero-order valence-corrected chi connectivity index (χ0v) is 19.3. The minimum atomic E-state index is -1.25. The molecule has 1 fully saturated rings. The molecule has 4 amide bonds. The predicted octanol–water partition coefficient (Wildman–Crippen LogP) is 3.06. The molecule has 1 heterocycles. The monoisotopic (exact) mass is 493 g/mol. The van der Waals surface area contributed by atoms with Crippen molar-refractivity contribution in [1.82, 2.24) is 15.1 Å². The maximum Gasteiger partial charge on any atom is 0.323 e. The number of halogens is 2. The van der Waals surface area contributed by atoms with Gasteiger partial charge < -0.3 is 21.3 Å². The first-order chi connectivity index (χ1) is 17.4. The van der Waals surface area contributed by atoms with Crippen molar-refractivity contribution in [2.24, 2.45) is 5.73 Å². The summed E-state index contributed by atoms with van der Waals surface area (Å²) in [5, 5.41) is 5.42. The Morgan fingerprint density at radius 2 is 1.47 bits per heavy atom. The molecule has 4 N–H and O–H groups in total. The summed E-state index contributed by atoms with van der Waals surface area (Å²) in [6, 6.07) is 16.9. The molecule has 0 spiro atoms. The summed E-state index contributed by atoms with van der Waals surface area (Å²) in [6.45, 7) is 0.686. The number of urea groups is 1. The summed E-state index contributed by atoms with van der Waals surface area (Å²) in [5.74, 6) is -2.03. The van der Waals surface area contributed by atoms with E-state index >= 15 is 0 Å². The van der Waals surface area contributed by atoms with Crippen LogP contribution in [0.3, 0.4) is 0 Å². The Morgan fingerprint density at radius 1 is 0.861 bits per heavy atom. The van der Waals surface area contributed by atoms with Crippen molar-refractivity contribution in [3.63, 3.8) is 0 Å². The van der Waals surface area contributed by atoms with Gasteiger partial charge in [0.25, 0.3) is 11.8 Å². The molecule has 1 unspecified atom stereocenters. The SMILES string of the molecule is NCc1cccc(CNC(=O)C2N(C(=O)Nc3ccc(F)cc3)CCN2C(=O)c2ccc(F)cc2)c1. The zero-order chi connectivity index (χ0) is 25.7. The van der Waals surface area contributed by atoms with Crippen LogP contribution in [0.2, 0.25) is 0 Å². The van der Waals surface area contributed by atoms with Crippen LogP contribution in [0.1, 0.15) is 21.5 Å². The fourth-order valence-electron chi connectivity index (χ4n) is 3.97. The first kappa shape index (κ1) is 24.8. The highest BCUT2D eigenvalue weighted by molar-refractivity contribution is 6.00. The number of benzene rings is 3. The van der Waals surface area contributed by atoms with Crippen molar-refractivity contribution in [3.05, 3.63) is 101 Å². The van der Waals surface area contributed by atoms with Gasteiger partial charge in [-0.1, -0.05) is 24.3 Å². The van der Waals surface area contributed by atoms with Crippen LogP contribution in [0.5, 0.6) is 0 Å². The van der Waals surface area contributed by atoms with E-state index in [4.69, 9.17) is 5.73 Å². The van der Waals surface area contributed by atoms with Gasteiger partial charge in [0.1, 0.15) is 11.6 Å². The number of nitrogens with one attached hydrogen (secondary N) is 2. The number of nitrogens with two attached hydrogens (primary N) is 1. The second kappa shape index (κ2) is 11.0. The van der Waals surface area contributed by atoms with Crippen LogP contribution in [-0.4, -0.2) is 46.9 Å². The van der Waals surface area contributed by atoms with E-state index in [2.05, 4.69) is 10.6 Å². The third-order valence-electron chi connectivity index (χ3n) is 5.81. The number of hydrogen-bond acceptors (Lipinski definition) is 4. The van der Waals surface area contributed by atoms with Gasteiger partial charge in [-0.3, -0.25) is 14.5 Å². The van der Waals surface area contributed by atoms with Crippen LogP contribution in [0, 0.1) is 11.6 Å². The van der Waals surface area contributed by atoms with Crippen molar-refractivity contribution in [2.75, 3.05) is 18.4 Å². The largest absolute Gasteiger partial charge is 0.349 e. The normalized spacial score (nSPS) is 15.0. The summed E-state index contributed by atoms with van der Waals surface area (Å²) in [5.41, 5.74) is 7.92. The summed E-state index contributed by atoms with van der Waals surface area (Å²) >= 11 is 0. The molecule has 1 aliphatic rings. The Labute approximate surface area is 206 Å². The van der Waals surface area contributed by atoms with Crippen LogP contribution >= 0.6 is 0 Å². The van der Waals surface area contributed by atoms with Gasteiger partial charge in [0.15, 0.2) is 6.17 Å². The maximum atomic E-state index is 13.4. The molecule has 0 aliphatic carbocycles. The fourth-order valence-corrected chi connectivity index (χ4v) is 3.97. The van der Waals surface area contributed by atoms with Crippen LogP contribution in [0.25, 0.3) is 0 Å². The molecule has 3 aromatic carbocycles. The van der Waals surface area contributed by atoms with Gasteiger partial charge in [-0.25, -0.2) is 13.6 Å². The smallest absolute Gasteiger partial charge is 0.323 e. The van der Waals surface area contributed by atoms with Crippen molar-refractivity contribution in [1.29, 1.82) is 0 Å². The molecule has 1 saturated heterocycles. The van der Waals surface area contributed by atoms with Gasteiger partial charge in [-0.15, -0.1) is 0 Å². The standard InChI is InChI=1S/C26H25F2N5O3/c27-20-6-4-19(5-7-20)25(35)32-12-13-33(26(36)31-22-10-8-21(28)9-11-22)24(32)23(34)30-16-18-3-1-2-17(14-18)15-29/h1-11,14,24H,12-13,15-16,29H2,(H,30,34)(H,31,36). The highest BCUT2D eigenvalue weighted by atomic mass is 19.1. The van der Waals surface area contributed by atoms with Gasteiger partial charge in [-0.2, -0.15) is 0 Å². The number of amides is 4. The molecular weight excluding hydrogens is 468 g/mol. The molecule has 36 heavy (non-hydrogen) atoms. The summed E-state index contributed by atoms with van der Waals surface area (Å²) in [7, 11) is 0. The number of rotatable bonds is 6. The average Bonchev–Trinajstić information content (AvgIpc) is 3.34. The highest BCUT2D eigenvalue weighted by Gasteiger charge is 2.43. The van der Waals surface area contributed by atoms with E-state index in [0.29, 0.717) is 12.2 Å². The van der Waals surface area contributed by atoms with Gasteiger partial charge in [0.2, 0.25) is 0 Å². The number of hydrogen-bond donors (Lipinski definition) is 3. The van der Waals surface area contributed by atoms with E-state index in [1.54, 1.807) is 0 Å². The molecular formula is C26H25F2N5O3. The van der Waals surface area contributed by atoms with Crippen molar-refractivity contribution in [3.8, 4) is 0 Å². The Morgan fingerprint density at radius 3 is 2.14 bits per heavy atom. The Hall–Kier alpha value is -4.31.